The van der Waals surface area contributed by atoms with Crippen molar-refractivity contribution in [2.24, 2.45) is 5.10 Å². The van der Waals surface area contributed by atoms with E-state index in [9.17, 15) is 4.79 Å². The first-order chi connectivity index (χ1) is 18.0. The molecule has 2 aromatic heterocycles. The zero-order valence-electron chi connectivity index (χ0n) is 20.8. The van der Waals surface area contributed by atoms with Crippen LogP contribution in [0.15, 0.2) is 84.0 Å². The van der Waals surface area contributed by atoms with E-state index in [1.165, 1.54) is 10.2 Å². The molecule has 0 saturated heterocycles. The van der Waals surface area contributed by atoms with E-state index in [4.69, 9.17) is 20.4 Å². The Morgan fingerprint density at radius 3 is 2.54 bits per heavy atom. The molecular weight excluding hydrogens is 464 g/mol. The Morgan fingerprint density at radius 1 is 1.05 bits per heavy atom. The van der Waals surface area contributed by atoms with Crippen LogP contribution in [0.5, 0.6) is 5.75 Å². The Balaban J connectivity index is 1.50. The number of ether oxygens (including phenoxy) is 1. The number of nitrogens with two attached hydrogens (primary N) is 1. The van der Waals surface area contributed by atoms with Gasteiger partial charge in [0.1, 0.15) is 22.6 Å². The molecule has 0 unspecified atom stereocenters. The molecule has 186 valence electrons. The van der Waals surface area contributed by atoms with Crippen LogP contribution in [0.2, 0.25) is 0 Å². The van der Waals surface area contributed by atoms with Gasteiger partial charge in [0.05, 0.1) is 24.4 Å². The van der Waals surface area contributed by atoms with Gasteiger partial charge in [0.25, 0.3) is 5.91 Å². The van der Waals surface area contributed by atoms with Gasteiger partial charge in [0.15, 0.2) is 5.65 Å². The highest BCUT2D eigenvalue weighted by Crippen LogP contribution is 2.28. The standard InChI is InChI=1S/C29H28N6O2/c1-19(15-16-20-9-4-3-5-10-20)32-29(36)25-26-28(34-24-14-7-6-13-23(24)33-26)35(27(25)30)31-18-21-11-8-12-22(17-21)37-2/h3-14,17-19H,15-16,30H2,1-2H3,(H,32,36)/b31-18-/t19-/m0/s1. The summed E-state index contributed by atoms with van der Waals surface area (Å²) in [7, 11) is 1.61. The Hall–Kier alpha value is -4.72. The van der Waals surface area contributed by atoms with Crippen molar-refractivity contribution in [3.05, 3.63) is 95.6 Å². The van der Waals surface area contributed by atoms with Crippen molar-refractivity contribution in [2.75, 3.05) is 12.8 Å². The number of hydrogen-bond donors (Lipinski definition) is 2. The zero-order chi connectivity index (χ0) is 25.8. The van der Waals surface area contributed by atoms with E-state index in [1.807, 2.05) is 73.7 Å². The van der Waals surface area contributed by atoms with E-state index in [1.54, 1.807) is 13.3 Å². The maximum atomic E-state index is 13.5. The normalized spacial score (nSPS) is 12.3. The fourth-order valence-corrected chi connectivity index (χ4v) is 4.23. The van der Waals surface area contributed by atoms with E-state index < -0.39 is 0 Å². The lowest BCUT2D eigenvalue weighted by atomic mass is 10.1. The Kier molecular flexibility index (Phi) is 6.81. The molecule has 37 heavy (non-hydrogen) atoms. The molecule has 1 atom stereocenters. The number of amides is 1. The van der Waals surface area contributed by atoms with Crippen LogP contribution in [0.3, 0.4) is 0 Å². The number of aromatic nitrogens is 3. The second kappa shape index (κ2) is 10.5. The summed E-state index contributed by atoms with van der Waals surface area (Å²) < 4.78 is 6.77. The van der Waals surface area contributed by atoms with E-state index in [0.29, 0.717) is 27.9 Å². The predicted octanol–water partition coefficient (Wildman–Crippen LogP) is 4.81. The molecule has 8 nitrogen and oxygen atoms in total. The first-order valence-corrected chi connectivity index (χ1v) is 12.1. The number of carbonyl (C=O) groups excluding carboxylic acids is 1. The number of nitrogen functional groups attached to an aromatic ring is 1. The summed E-state index contributed by atoms with van der Waals surface area (Å²) in [6, 6.07) is 25.1. The van der Waals surface area contributed by atoms with Gasteiger partial charge in [-0.1, -0.05) is 54.6 Å². The average Bonchev–Trinajstić information content (AvgIpc) is 3.19. The molecule has 3 aromatic carbocycles. The van der Waals surface area contributed by atoms with Crippen molar-refractivity contribution in [3.63, 3.8) is 0 Å². The number of fused-ring (bicyclic) bond motifs is 2. The third kappa shape index (κ3) is 5.13. The summed E-state index contributed by atoms with van der Waals surface area (Å²) in [4.78, 5) is 23.0. The molecule has 0 aliphatic heterocycles. The number of methoxy groups -OCH3 is 1. The van der Waals surface area contributed by atoms with Gasteiger partial charge in [-0.3, -0.25) is 4.79 Å². The van der Waals surface area contributed by atoms with Crippen molar-refractivity contribution >= 4 is 40.1 Å². The molecular formula is C29H28N6O2. The van der Waals surface area contributed by atoms with Crippen LogP contribution < -0.4 is 15.8 Å². The van der Waals surface area contributed by atoms with E-state index in [0.717, 1.165) is 18.4 Å². The lowest BCUT2D eigenvalue weighted by Crippen LogP contribution is -2.33. The Morgan fingerprint density at radius 2 is 1.78 bits per heavy atom. The van der Waals surface area contributed by atoms with Gasteiger partial charge in [-0.2, -0.15) is 9.78 Å². The van der Waals surface area contributed by atoms with E-state index in [2.05, 4.69) is 22.6 Å². The number of benzene rings is 3. The molecule has 0 fully saturated rings. The third-order valence-corrected chi connectivity index (χ3v) is 6.20. The topological polar surface area (TPSA) is 107 Å². The fourth-order valence-electron chi connectivity index (χ4n) is 4.23. The zero-order valence-corrected chi connectivity index (χ0v) is 20.8. The molecule has 0 saturated carbocycles. The lowest BCUT2D eigenvalue weighted by molar-refractivity contribution is 0.0940. The quantitative estimate of drug-likeness (QED) is 0.302. The molecule has 2 heterocycles. The average molecular weight is 493 g/mol. The van der Waals surface area contributed by atoms with Gasteiger partial charge in [-0.15, -0.1) is 0 Å². The first kappa shape index (κ1) is 24.0. The van der Waals surface area contributed by atoms with Crippen molar-refractivity contribution in [3.8, 4) is 5.75 Å². The van der Waals surface area contributed by atoms with Crippen molar-refractivity contribution < 1.29 is 9.53 Å². The summed E-state index contributed by atoms with van der Waals surface area (Å²) in [5.41, 5.74) is 11.0. The van der Waals surface area contributed by atoms with Crippen LogP contribution in [-0.4, -0.2) is 39.9 Å². The molecule has 0 aliphatic rings. The Labute approximate surface area is 214 Å². The molecule has 3 N–H and O–H groups in total. The minimum Gasteiger partial charge on any atom is -0.497 e. The molecule has 8 heteroatoms. The van der Waals surface area contributed by atoms with Gasteiger partial charge in [0, 0.05) is 6.04 Å². The number of hydrogen-bond acceptors (Lipinski definition) is 6. The van der Waals surface area contributed by atoms with Crippen molar-refractivity contribution in [2.45, 2.75) is 25.8 Å². The summed E-state index contributed by atoms with van der Waals surface area (Å²) in [6.07, 6.45) is 3.30. The summed E-state index contributed by atoms with van der Waals surface area (Å²) in [5, 5.41) is 7.65. The number of rotatable bonds is 8. The second-order valence-corrected chi connectivity index (χ2v) is 8.88. The number of aryl methyl sites for hydroxylation is 1. The maximum absolute atomic E-state index is 13.5. The number of anilines is 1. The molecule has 0 spiro atoms. The van der Waals surface area contributed by atoms with Crippen LogP contribution in [0.25, 0.3) is 22.2 Å². The smallest absolute Gasteiger partial charge is 0.257 e. The lowest BCUT2D eigenvalue weighted by Gasteiger charge is -2.14. The highest BCUT2D eigenvalue weighted by atomic mass is 16.5. The van der Waals surface area contributed by atoms with Crippen LogP contribution in [-0.2, 0) is 6.42 Å². The number of nitrogens with one attached hydrogen (secondary N) is 1. The molecule has 0 radical (unpaired) electrons. The summed E-state index contributed by atoms with van der Waals surface area (Å²) in [5.74, 6) is 0.588. The first-order valence-electron chi connectivity index (χ1n) is 12.1. The van der Waals surface area contributed by atoms with Crippen molar-refractivity contribution in [1.82, 2.24) is 20.0 Å². The summed E-state index contributed by atoms with van der Waals surface area (Å²) in [6.45, 7) is 1.98. The predicted molar refractivity (Wildman–Crippen MR) is 147 cm³/mol. The SMILES string of the molecule is COc1cccc(/C=N\n2c(N)c(C(=O)N[C@@H](C)CCc3ccccc3)c3nc4ccccc4nc32)c1. The van der Waals surface area contributed by atoms with Gasteiger partial charge >= 0.3 is 0 Å². The molecule has 0 bridgehead atoms. The molecule has 1 amide bonds. The number of carbonyl (C=O) groups is 1. The van der Waals surface area contributed by atoms with Crippen LogP contribution >= 0.6 is 0 Å². The van der Waals surface area contributed by atoms with Gasteiger partial charge in [0.2, 0.25) is 0 Å². The minimum absolute atomic E-state index is 0.0702. The number of nitrogens with zero attached hydrogens (tertiary/aromatic N) is 4. The second-order valence-electron chi connectivity index (χ2n) is 8.88. The summed E-state index contributed by atoms with van der Waals surface area (Å²) >= 11 is 0. The van der Waals surface area contributed by atoms with Crippen LogP contribution in [0, 0.1) is 0 Å². The highest BCUT2D eigenvalue weighted by Gasteiger charge is 2.25. The monoisotopic (exact) mass is 492 g/mol. The Bertz CT molecular complexity index is 1590. The van der Waals surface area contributed by atoms with Gasteiger partial charge < -0.3 is 15.8 Å². The minimum atomic E-state index is -0.303. The highest BCUT2D eigenvalue weighted by molar-refractivity contribution is 6.10. The van der Waals surface area contributed by atoms with Gasteiger partial charge in [-0.05, 0) is 55.2 Å². The maximum Gasteiger partial charge on any atom is 0.257 e. The van der Waals surface area contributed by atoms with Crippen LogP contribution in [0.1, 0.15) is 34.8 Å². The largest absolute Gasteiger partial charge is 0.497 e. The fraction of sp³-hybridized carbons (Fsp3) is 0.172. The van der Waals surface area contributed by atoms with E-state index in [-0.39, 0.29) is 23.3 Å². The van der Waals surface area contributed by atoms with E-state index >= 15 is 0 Å². The molecule has 5 aromatic rings. The van der Waals surface area contributed by atoms with Gasteiger partial charge in [-0.25, -0.2) is 9.97 Å². The third-order valence-electron chi connectivity index (χ3n) is 6.20. The molecule has 0 aliphatic carbocycles. The van der Waals surface area contributed by atoms with Crippen LogP contribution in [0.4, 0.5) is 5.82 Å². The molecule has 5 rings (SSSR count). The number of para-hydroxylation sites is 2. The van der Waals surface area contributed by atoms with Crippen molar-refractivity contribution in [1.29, 1.82) is 0 Å².